The van der Waals surface area contributed by atoms with Gasteiger partial charge < -0.3 is 4.90 Å². The zero-order chi connectivity index (χ0) is 20.7. The summed E-state index contributed by atoms with van der Waals surface area (Å²) in [5.41, 5.74) is 1.58. The second-order valence-corrected chi connectivity index (χ2v) is 6.94. The van der Waals surface area contributed by atoms with Gasteiger partial charge in [-0.05, 0) is 40.9 Å². The molecule has 0 spiro atoms. The third-order valence-corrected chi connectivity index (χ3v) is 4.93. The number of aromatic nitrogens is 1. The smallest absolute Gasteiger partial charge is 0.282 e. The number of Topliss-reactive ketones (excluding diaryl/α,β-unsaturated/α-hetero) is 1. The number of hydrogen-bond acceptors (Lipinski definition) is 5. The Morgan fingerprint density at radius 2 is 2.14 bits per heavy atom. The first-order valence-corrected chi connectivity index (χ1v) is 10.1. The molecule has 6 nitrogen and oxygen atoms in total. The first-order valence-electron chi connectivity index (χ1n) is 9.34. The van der Waals surface area contributed by atoms with Crippen LogP contribution in [0.2, 0.25) is 0 Å². The number of amides is 1. The summed E-state index contributed by atoms with van der Waals surface area (Å²) >= 11 is 3.38. The Morgan fingerprint density at radius 1 is 1.39 bits per heavy atom. The quantitative estimate of drug-likeness (QED) is 0.398. The van der Waals surface area contributed by atoms with Crippen molar-refractivity contribution in [1.29, 1.82) is 0 Å². The van der Waals surface area contributed by atoms with Crippen LogP contribution in [0.5, 0.6) is 0 Å². The van der Waals surface area contributed by atoms with Crippen molar-refractivity contribution in [1.82, 2.24) is 14.9 Å². The standard InChI is InChI=1S/C19H20BrN3O3.C2H6/c1-22(26-2)19(25)15-12-23(11-13-7-6-10-17(20)21-13)16-9-5-3-4-8-14(16)18(15)24;1-2/h3-4,6-8,10,12,16H,5,9,11H2,1-2H3;1-2H3. The fraction of sp³-hybridized carbons (Fsp3) is 0.381. The summed E-state index contributed by atoms with van der Waals surface area (Å²) in [6.07, 6.45) is 9.06. The lowest BCUT2D eigenvalue weighted by Gasteiger charge is -2.36. The van der Waals surface area contributed by atoms with Crippen molar-refractivity contribution < 1.29 is 14.4 Å². The first kappa shape index (κ1) is 22.0. The summed E-state index contributed by atoms with van der Waals surface area (Å²) in [6.45, 7) is 4.50. The van der Waals surface area contributed by atoms with Crippen LogP contribution in [0.3, 0.4) is 0 Å². The van der Waals surface area contributed by atoms with Crippen LogP contribution in [0, 0.1) is 0 Å². The molecule has 1 aliphatic carbocycles. The molecule has 3 rings (SSSR count). The van der Waals surface area contributed by atoms with Crippen LogP contribution in [-0.4, -0.2) is 46.8 Å². The Kier molecular flexibility index (Phi) is 8.14. The fourth-order valence-corrected chi connectivity index (χ4v) is 3.50. The number of pyridine rings is 1. The van der Waals surface area contributed by atoms with E-state index in [0.717, 1.165) is 28.2 Å². The monoisotopic (exact) mass is 447 g/mol. The molecule has 1 amide bonds. The van der Waals surface area contributed by atoms with Crippen LogP contribution in [0.4, 0.5) is 0 Å². The zero-order valence-corrected chi connectivity index (χ0v) is 18.3. The number of ketones is 1. The summed E-state index contributed by atoms with van der Waals surface area (Å²) in [6, 6.07) is 5.63. The number of carbonyl (C=O) groups excluding carboxylic acids is 2. The molecule has 2 heterocycles. The van der Waals surface area contributed by atoms with E-state index in [9.17, 15) is 9.59 Å². The van der Waals surface area contributed by atoms with Gasteiger partial charge in [-0.3, -0.25) is 14.4 Å². The molecule has 0 radical (unpaired) electrons. The number of likely N-dealkylation sites (N-methyl/N-ethyl adjacent to an activating group) is 1. The van der Waals surface area contributed by atoms with Crippen molar-refractivity contribution in [2.45, 2.75) is 39.3 Å². The van der Waals surface area contributed by atoms with Crippen molar-refractivity contribution >= 4 is 27.6 Å². The lowest BCUT2D eigenvalue weighted by molar-refractivity contribution is -0.164. The average molecular weight is 448 g/mol. The fourth-order valence-electron chi connectivity index (χ4n) is 3.12. The van der Waals surface area contributed by atoms with E-state index >= 15 is 0 Å². The highest BCUT2D eigenvalue weighted by Crippen LogP contribution is 2.30. The molecule has 1 aliphatic heterocycles. The third-order valence-electron chi connectivity index (χ3n) is 4.49. The number of hydrogen-bond donors (Lipinski definition) is 0. The van der Waals surface area contributed by atoms with E-state index in [0.29, 0.717) is 12.1 Å². The van der Waals surface area contributed by atoms with Crippen LogP contribution in [0.15, 0.2) is 58.4 Å². The summed E-state index contributed by atoms with van der Waals surface area (Å²) in [4.78, 5) is 36.9. The van der Waals surface area contributed by atoms with E-state index in [1.165, 1.54) is 14.2 Å². The second kappa shape index (κ2) is 10.3. The predicted molar refractivity (Wildman–Crippen MR) is 112 cm³/mol. The molecule has 1 aromatic heterocycles. The molecular formula is C21H26BrN3O3. The van der Waals surface area contributed by atoms with E-state index in [-0.39, 0.29) is 17.4 Å². The van der Waals surface area contributed by atoms with E-state index in [2.05, 4.69) is 20.9 Å². The number of hydroxylamine groups is 2. The van der Waals surface area contributed by atoms with Crippen molar-refractivity contribution in [3.8, 4) is 0 Å². The van der Waals surface area contributed by atoms with Gasteiger partial charge >= 0.3 is 0 Å². The van der Waals surface area contributed by atoms with Crippen LogP contribution >= 0.6 is 15.9 Å². The molecule has 0 saturated carbocycles. The summed E-state index contributed by atoms with van der Waals surface area (Å²) in [5, 5.41) is 1.06. The third kappa shape index (κ3) is 4.97. The average Bonchev–Trinajstić information content (AvgIpc) is 2.97. The molecule has 150 valence electrons. The summed E-state index contributed by atoms with van der Waals surface area (Å²) in [5.74, 6) is -0.703. The SMILES string of the molecule is CC.CON(C)C(=O)C1=CN(Cc2cccc(Br)n2)C2CCC=CC=C2C1=O. The number of allylic oxidation sites excluding steroid dienone is 3. The highest BCUT2D eigenvalue weighted by Gasteiger charge is 2.36. The number of rotatable bonds is 4. The normalized spacial score (nSPS) is 18.2. The van der Waals surface area contributed by atoms with Gasteiger partial charge in [0.15, 0.2) is 5.78 Å². The Bertz CT molecular complexity index is 817. The Morgan fingerprint density at radius 3 is 2.82 bits per heavy atom. The largest absolute Gasteiger partial charge is 0.363 e. The highest BCUT2D eigenvalue weighted by atomic mass is 79.9. The second-order valence-electron chi connectivity index (χ2n) is 6.12. The van der Waals surface area contributed by atoms with E-state index in [1.807, 2.05) is 55.2 Å². The van der Waals surface area contributed by atoms with Crippen LogP contribution in [0.25, 0.3) is 0 Å². The molecule has 2 aliphatic rings. The van der Waals surface area contributed by atoms with Gasteiger partial charge in [0.05, 0.1) is 25.4 Å². The maximum Gasteiger partial charge on any atom is 0.282 e. The number of fused-ring (bicyclic) bond motifs is 1. The molecule has 0 aromatic carbocycles. The van der Waals surface area contributed by atoms with Gasteiger partial charge in [-0.25, -0.2) is 10.0 Å². The Labute approximate surface area is 174 Å². The van der Waals surface area contributed by atoms with Crippen molar-refractivity contribution in [3.63, 3.8) is 0 Å². The first-order chi connectivity index (χ1) is 13.5. The minimum absolute atomic E-state index is 0.0808. The molecule has 1 atom stereocenters. The van der Waals surface area contributed by atoms with Gasteiger partial charge in [-0.1, -0.05) is 38.1 Å². The van der Waals surface area contributed by atoms with Gasteiger partial charge in [0.25, 0.3) is 5.91 Å². The number of halogens is 1. The topological polar surface area (TPSA) is 62.7 Å². The Balaban J connectivity index is 0.00000136. The minimum Gasteiger partial charge on any atom is -0.363 e. The van der Waals surface area contributed by atoms with Crippen LogP contribution < -0.4 is 0 Å². The molecular weight excluding hydrogens is 422 g/mol. The molecule has 0 N–H and O–H groups in total. The number of nitrogens with zero attached hydrogens (tertiary/aromatic N) is 3. The van der Waals surface area contributed by atoms with E-state index in [4.69, 9.17) is 4.84 Å². The summed E-state index contributed by atoms with van der Waals surface area (Å²) in [7, 11) is 2.88. The van der Waals surface area contributed by atoms with Crippen LogP contribution in [0.1, 0.15) is 32.4 Å². The van der Waals surface area contributed by atoms with Gasteiger partial charge in [0.2, 0.25) is 0 Å². The molecule has 0 saturated heterocycles. The highest BCUT2D eigenvalue weighted by molar-refractivity contribution is 9.10. The molecule has 1 unspecified atom stereocenters. The molecule has 1 aromatic rings. The minimum atomic E-state index is -0.461. The maximum absolute atomic E-state index is 12.9. The van der Waals surface area contributed by atoms with Crippen molar-refractivity contribution in [3.05, 3.63) is 64.1 Å². The number of carbonyl (C=O) groups is 2. The van der Waals surface area contributed by atoms with Gasteiger partial charge in [-0.15, -0.1) is 0 Å². The van der Waals surface area contributed by atoms with Crippen molar-refractivity contribution in [2.24, 2.45) is 0 Å². The summed E-state index contributed by atoms with van der Waals surface area (Å²) < 4.78 is 0.751. The van der Waals surface area contributed by atoms with Gasteiger partial charge in [-0.2, -0.15) is 0 Å². The molecule has 0 bridgehead atoms. The lowest BCUT2D eigenvalue weighted by atomic mass is 9.90. The Hall–Kier alpha value is -2.25. The molecule has 7 heteroatoms. The zero-order valence-electron chi connectivity index (χ0n) is 16.7. The van der Waals surface area contributed by atoms with Crippen LogP contribution in [-0.2, 0) is 21.0 Å². The molecule has 0 fully saturated rings. The lowest BCUT2D eigenvalue weighted by Crippen LogP contribution is -2.43. The van der Waals surface area contributed by atoms with E-state index in [1.54, 1.807) is 6.20 Å². The van der Waals surface area contributed by atoms with Gasteiger partial charge in [0.1, 0.15) is 10.2 Å². The van der Waals surface area contributed by atoms with Crippen molar-refractivity contribution in [2.75, 3.05) is 14.2 Å². The maximum atomic E-state index is 12.9. The predicted octanol–water partition coefficient (Wildman–Crippen LogP) is 3.80. The van der Waals surface area contributed by atoms with Gasteiger partial charge in [0, 0.05) is 18.8 Å². The molecule has 28 heavy (non-hydrogen) atoms. The van der Waals surface area contributed by atoms with E-state index < -0.39 is 5.91 Å².